The van der Waals surface area contributed by atoms with Gasteiger partial charge in [0.1, 0.15) is 0 Å². The second-order valence-corrected chi connectivity index (χ2v) is 6.28. The van der Waals surface area contributed by atoms with E-state index in [0.29, 0.717) is 25.6 Å². The highest BCUT2D eigenvalue weighted by Crippen LogP contribution is 2.30. The van der Waals surface area contributed by atoms with Crippen LogP contribution in [-0.2, 0) is 10.9 Å². The summed E-state index contributed by atoms with van der Waals surface area (Å²) in [5.41, 5.74) is 0.172. The van der Waals surface area contributed by atoms with Crippen molar-refractivity contribution in [1.82, 2.24) is 15.5 Å². The highest BCUT2D eigenvalue weighted by molar-refractivity contribution is 5.89. The highest BCUT2D eigenvalue weighted by atomic mass is 19.4. The van der Waals surface area contributed by atoms with Gasteiger partial charge in [0.2, 0.25) is 0 Å². The minimum Gasteiger partial charge on any atom is -0.378 e. The van der Waals surface area contributed by atoms with Gasteiger partial charge in [-0.3, -0.25) is 0 Å². The molecule has 3 N–H and O–H groups in total. The number of hydrogen-bond donors (Lipinski definition) is 3. The predicted molar refractivity (Wildman–Crippen MR) is 102 cm³/mol. The fourth-order valence-corrected chi connectivity index (χ4v) is 2.75. The van der Waals surface area contributed by atoms with E-state index in [1.807, 2.05) is 6.07 Å². The molecule has 0 unspecified atom stereocenters. The molecule has 1 saturated heterocycles. The van der Waals surface area contributed by atoms with E-state index in [9.17, 15) is 18.0 Å². The van der Waals surface area contributed by atoms with Gasteiger partial charge in [-0.1, -0.05) is 6.07 Å². The second kappa shape index (κ2) is 9.41. The van der Waals surface area contributed by atoms with Crippen LogP contribution in [0, 0.1) is 0 Å². The van der Waals surface area contributed by atoms with Gasteiger partial charge in [0.05, 0.1) is 30.7 Å². The highest BCUT2D eigenvalue weighted by Gasteiger charge is 2.30. The van der Waals surface area contributed by atoms with Crippen LogP contribution in [0.1, 0.15) is 5.56 Å². The molecule has 156 valence electrons. The Kier molecular flexibility index (Phi) is 6.70. The number of ether oxygens (including phenoxy) is 1. The molecular formula is C18H21F3N6O2. The van der Waals surface area contributed by atoms with Crippen molar-refractivity contribution in [2.24, 2.45) is 0 Å². The summed E-state index contributed by atoms with van der Waals surface area (Å²) in [7, 11) is 0. The molecule has 0 aliphatic carbocycles. The lowest BCUT2D eigenvalue weighted by atomic mass is 10.2. The van der Waals surface area contributed by atoms with E-state index < -0.39 is 17.8 Å². The number of amides is 2. The average molecular weight is 410 g/mol. The molecule has 1 aliphatic heterocycles. The van der Waals surface area contributed by atoms with Crippen LogP contribution in [0.5, 0.6) is 0 Å². The minimum atomic E-state index is -4.46. The van der Waals surface area contributed by atoms with Gasteiger partial charge in [-0.25, -0.2) is 4.79 Å². The van der Waals surface area contributed by atoms with Crippen LogP contribution in [0.3, 0.4) is 0 Å². The lowest BCUT2D eigenvalue weighted by Gasteiger charge is -2.28. The van der Waals surface area contributed by atoms with Crippen LogP contribution >= 0.6 is 0 Å². The standard InChI is InChI=1S/C18H21F3N6O2/c19-18(20,21)13-2-1-3-14(10-13)25-17(28)23-5-4-22-16-11-15(12-24-26-16)27-6-8-29-9-7-27/h1-3,10-12H,4-9H2,(H,22,26)(H2,23,25,28). The average Bonchev–Trinajstić information content (AvgIpc) is 2.72. The van der Waals surface area contributed by atoms with Gasteiger partial charge in [0, 0.05) is 37.9 Å². The lowest BCUT2D eigenvalue weighted by molar-refractivity contribution is -0.137. The summed E-state index contributed by atoms with van der Waals surface area (Å²) < 4.78 is 43.4. The van der Waals surface area contributed by atoms with Crippen molar-refractivity contribution in [3.8, 4) is 0 Å². The Bertz CT molecular complexity index is 827. The number of halogens is 3. The lowest BCUT2D eigenvalue weighted by Crippen LogP contribution is -2.36. The normalized spacial score (nSPS) is 14.4. The van der Waals surface area contributed by atoms with Crippen molar-refractivity contribution in [2.45, 2.75) is 6.18 Å². The van der Waals surface area contributed by atoms with Crippen molar-refractivity contribution in [3.05, 3.63) is 42.1 Å². The summed E-state index contributed by atoms with van der Waals surface area (Å²) in [6.07, 6.45) is -2.79. The predicted octanol–water partition coefficient (Wildman–Crippen LogP) is 2.57. The third kappa shape index (κ3) is 6.21. The Morgan fingerprint density at radius 3 is 2.72 bits per heavy atom. The van der Waals surface area contributed by atoms with Crippen LogP contribution in [0.25, 0.3) is 0 Å². The van der Waals surface area contributed by atoms with E-state index in [4.69, 9.17) is 4.74 Å². The Balaban J connectivity index is 1.43. The first kappa shape index (κ1) is 20.6. The number of morpholine rings is 1. The summed E-state index contributed by atoms with van der Waals surface area (Å²) in [5.74, 6) is 0.564. The van der Waals surface area contributed by atoms with Crippen molar-refractivity contribution < 1.29 is 22.7 Å². The first-order valence-electron chi connectivity index (χ1n) is 9.03. The van der Waals surface area contributed by atoms with Crippen molar-refractivity contribution in [2.75, 3.05) is 54.9 Å². The summed E-state index contributed by atoms with van der Waals surface area (Å²) in [6.45, 7) is 3.50. The van der Waals surface area contributed by atoms with E-state index in [2.05, 4.69) is 31.0 Å². The molecule has 3 rings (SSSR count). The van der Waals surface area contributed by atoms with Gasteiger partial charge in [-0.2, -0.15) is 18.3 Å². The summed E-state index contributed by atoms with van der Waals surface area (Å²) >= 11 is 0. The van der Waals surface area contributed by atoms with E-state index in [0.717, 1.165) is 30.9 Å². The Morgan fingerprint density at radius 2 is 1.97 bits per heavy atom. The Hall–Kier alpha value is -3.08. The fraction of sp³-hybridized carbons (Fsp3) is 0.389. The minimum absolute atomic E-state index is 0.0642. The molecule has 1 aromatic carbocycles. The Morgan fingerprint density at radius 1 is 1.17 bits per heavy atom. The third-order valence-electron chi connectivity index (χ3n) is 4.18. The quantitative estimate of drug-likeness (QED) is 0.634. The van der Waals surface area contributed by atoms with Crippen LogP contribution in [-0.4, -0.2) is 55.6 Å². The summed E-state index contributed by atoms with van der Waals surface area (Å²) in [6, 6.07) is 5.71. The van der Waals surface area contributed by atoms with Crippen molar-refractivity contribution in [3.63, 3.8) is 0 Å². The molecule has 1 aromatic heterocycles. The van der Waals surface area contributed by atoms with Crippen molar-refractivity contribution >= 4 is 23.2 Å². The van der Waals surface area contributed by atoms with E-state index in [1.54, 1.807) is 6.20 Å². The van der Waals surface area contributed by atoms with Crippen LogP contribution in [0.15, 0.2) is 36.5 Å². The maximum absolute atomic E-state index is 12.7. The maximum atomic E-state index is 12.7. The molecular weight excluding hydrogens is 389 g/mol. The van der Waals surface area contributed by atoms with E-state index >= 15 is 0 Å². The number of urea groups is 1. The number of nitrogens with one attached hydrogen (secondary N) is 3. The number of hydrogen-bond acceptors (Lipinski definition) is 6. The number of nitrogens with zero attached hydrogens (tertiary/aromatic N) is 3. The smallest absolute Gasteiger partial charge is 0.378 e. The molecule has 11 heteroatoms. The molecule has 29 heavy (non-hydrogen) atoms. The third-order valence-corrected chi connectivity index (χ3v) is 4.18. The number of anilines is 3. The molecule has 2 amide bonds. The summed E-state index contributed by atoms with van der Waals surface area (Å²) in [4.78, 5) is 14.0. The molecule has 1 aliphatic rings. The number of carbonyl (C=O) groups excluding carboxylic acids is 1. The first-order chi connectivity index (χ1) is 13.9. The zero-order valence-electron chi connectivity index (χ0n) is 15.5. The van der Waals surface area contributed by atoms with E-state index in [-0.39, 0.29) is 12.2 Å². The van der Waals surface area contributed by atoms with Gasteiger partial charge in [0.15, 0.2) is 5.82 Å². The zero-order valence-corrected chi connectivity index (χ0v) is 15.5. The van der Waals surface area contributed by atoms with Crippen LogP contribution < -0.4 is 20.9 Å². The van der Waals surface area contributed by atoms with Gasteiger partial charge in [0.25, 0.3) is 0 Å². The monoisotopic (exact) mass is 410 g/mol. The zero-order chi connectivity index (χ0) is 20.7. The molecule has 2 aromatic rings. The number of benzene rings is 1. The van der Waals surface area contributed by atoms with Gasteiger partial charge < -0.3 is 25.6 Å². The number of alkyl halides is 3. The van der Waals surface area contributed by atoms with Crippen LogP contribution in [0.4, 0.5) is 35.2 Å². The summed E-state index contributed by atoms with van der Waals surface area (Å²) in [5, 5.41) is 16.0. The molecule has 0 spiro atoms. The number of carbonyl (C=O) groups is 1. The van der Waals surface area contributed by atoms with Crippen LogP contribution in [0.2, 0.25) is 0 Å². The molecule has 2 heterocycles. The topological polar surface area (TPSA) is 91.4 Å². The molecule has 0 atom stereocenters. The largest absolute Gasteiger partial charge is 0.416 e. The Labute approximate surface area is 165 Å². The van der Waals surface area contributed by atoms with E-state index in [1.165, 1.54) is 12.1 Å². The van der Waals surface area contributed by atoms with Gasteiger partial charge in [-0.05, 0) is 18.2 Å². The SMILES string of the molecule is O=C(NCCNc1cc(N2CCOCC2)cnn1)Nc1cccc(C(F)(F)F)c1. The number of aromatic nitrogens is 2. The molecule has 0 saturated carbocycles. The number of rotatable bonds is 6. The fourth-order valence-electron chi connectivity index (χ4n) is 2.75. The molecule has 1 fully saturated rings. The van der Waals surface area contributed by atoms with Crippen molar-refractivity contribution in [1.29, 1.82) is 0 Å². The van der Waals surface area contributed by atoms with Gasteiger partial charge >= 0.3 is 12.2 Å². The maximum Gasteiger partial charge on any atom is 0.416 e. The second-order valence-electron chi connectivity index (χ2n) is 6.28. The molecule has 0 radical (unpaired) electrons. The van der Waals surface area contributed by atoms with Gasteiger partial charge in [-0.15, -0.1) is 5.10 Å². The first-order valence-corrected chi connectivity index (χ1v) is 9.03. The molecule has 0 bridgehead atoms. The molecule has 8 nitrogen and oxygen atoms in total.